The van der Waals surface area contributed by atoms with Crippen molar-refractivity contribution in [2.45, 2.75) is 17.7 Å². The van der Waals surface area contributed by atoms with Crippen molar-refractivity contribution in [1.29, 1.82) is 0 Å². The number of pyridine rings is 1. The maximum absolute atomic E-state index is 12.5. The van der Waals surface area contributed by atoms with Gasteiger partial charge in [0.1, 0.15) is 11.5 Å². The second-order valence-electron chi connectivity index (χ2n) is 5.02. The zero-order valence-electron chi connectivity index (χ0n) is 11.9. The molecule has 0 spiro atoms. The van der Waals surface area contributed by atoms with E-state index in [-0.39, 0.29) is 23.1 Å². The molecule has 8 heteroatoms. The van der Waals surface area contributed by atoms with Crippen molar-refractivity contribution in [3.63, 3.8) is 0 Å². The molecule has 1 saturated heterocycles. The van der Waals surface area contributed by atoms with Gasteiger partial charge in [0.2, 0.25) is 10.0 Å². The highest BCUT2D eigenvalue weighted by molar-refractivity contribution is 7.89. The summed E-state index contributed by atoms with van der Waals surface area (Å²) in [6.07, 6.45) is 4.00. The molecule has 0 saturated carbocycles. The van der Waals surface area contributed by atoms with Gasteiger partial charge in [0.25, 0.3) is 0 Å². The topological polar surface area (TPSA) is 76.6 Å². The van der Waals surface area contributed by atoms with E-state index in [1.54, 1.807) is 6.07 Å². The van der Waals surface area contributed by atoms with Gasteiger partial charge in [0.05, 0.1) is 5.92 Å². The predicted octanol–water partition coefficient (Wildman–Crippen LogP) is 1.78. The summed E-state index contributed by atoms with van der Waals surface area (Å²) in [5.41, 5.74) is 0. The molecule has 22 heavy (non-hydrogen) atoms. The molecule has 1 atom stereocenters. The SMILES string of the molecule is C=C(Cl)COC(=O)C1CCCN(S(=O)(=O)c2cccnc2)C1. The second-order valence-corrected chi connectivity index (χ2v) is 7.49. The Morgan fingerprint density at radius 1 is 1.55 bits per heavy atom. The van der Waals surface area contributed by atoms with Crippen LogP contribution in [0.25, 0.3) is 0 Å². The lowest BCUT2D eigenvalue weighted by molar-refractivity contribution is -0.148. The number of sulfonamides is 1. The van der Waals surface area contributed by atoms with E-state index < -0.39 is 21.9 Å². The largest absolute Gasteiger partial charge is 0.460 e. The van der Waals surface area contributed by atoms with Gasteiger partial charge < -0.3 is 4.74 Å². The third-order valence-electron chi connectivity index (χ3n) is 3.36. The van der Waals surface area contributed by atoms with Gasteiger partial charge in [-0.25, -0.2) is 8.42 Å². The molecular weight excluding hydrogens is 328 g/mol. The zero-order chi connectivity index (χ0) is 16.2. The molecule has 1 aliphatic heterocycles. The molecule has 2 rings (SSSR count). The predicted molar refractivity (Wildman–Crippen MR) is 81.7 cm³/mol. The monoisotopic (exact) mass is 344 g/mol. The van der Waals surface area contributed by atoms with Crippen molar-refractivity contribution in [3.8, 4) is 0 Å². The van der Waals surface area contributed by atoms with Crippen LogP contribution in [0.2, 0.25) is 0 Å². The number of rotatable bonds is 5. The summed E-state index contributed by atoms with van der Waals surface area (Å²) in [5.74, 6) is -0.941. The second kappa shape index (κ2) is 7.21. The Morgan fingerprint density at radius 2 is 2.32 bits per heavy atom. The molecule has 0 bridgehead atoms. The Hall–Kier alpha value is -1.44. The van der Waals surface area contributed by atoms with Gasteiger partial charge in [-0.1, -0.05) is 18.2 Å². The van der Waals surface area contributed by atoms with E-state index in [0.29, 0.717) is 19.4 Å². The molecule has 6 nitrogen and oxygen atoms in total. The third kappa shape index (κ3) is 4.06. The van der Waals surface area contributed by atoms with Gasteiger partial charge in [0, 0.05) is 30.5 Å². The van der Waals surface area contributed by atoms with Gasteiger partial charge >= 0.3 is 5.97 Å². The molecule has 1 aliphatic rings. The molecule has 1 unspecified atom stereocenters. The lowest BCUT2D eigenvalue weighted by Crippen LogP contribution is -2.42. The van der Waals surface area contributed by atoms with Crippen molar-refractivity contribution in [2.75, 3.05) is 19.7 Å². The molecule has 0 amide bonds. The number of esters is 1. The molecule has 1 aromatic rings. The number of hydrogen-bond donors (Lipinski definition) is 0. The highest BCUT2D eigenvalue weighted by atomic mass is 35.5. The zero-order valence-corrected chi connectivity index (χ0v) is 13.5. The van der Waals surface area contributed by atoms with Gasteiger partial charge in [-0.15, -0.1) is 0 Å². The van der Waals surface area contributed by atoms with Crippen LogP contribution < -0.4 is 0 Å². The maximum Gasteiger partial charge on any atom is 0.310 e. The summed E-state index contributed by atoms with van der Waals surface area (Å²) >= 11 is 5.56. The third-order valence-corrected chi connectivity index (χ3v) is 5.32. The first-order chi connectivity index (χ1) is 10.4. The standard InChI is InChI=1S/C14H17ClN2O4S/c1-11(15)10-21-14(18)12-4-3-7-17(9-12)22(19,20)13-5-2-6-16-8-13/h2,5-6,8,12H,1,3-4,7,9-10H2. The number of hydrogen-bond acceptors (Lipinski definition) is 5. The van der Waals surface area contributed by atoms with Crippen LogP contribution >= 0.6 is 11.6 Å². The van der Waals surface area contributed by atoms with Crippen LogP contribution in [0.3, 0.4) is 0 Å². The lowest BCUT2D eigenvalue weighted by Gasteiger charge is -2.30. The molecule has 0 radical (unpaired) electrons. The van der Waals surface area contributed by atoms with Gasteiger partial charge in [-0.3, -0.25) is 9.78 Å². The Bertz CT molecular complexity index is 648. The highest BCUT2D eigenvalue weighted by Crippen LogP contribution is 2.24. The van der Waals surface area contributed by atoms with E-state index in [1.807, 2.05) is 0 Å². The van der Waals surface area contributed by atoms with E-state index in [4.69, 9.17) is 16.3 Å². The fourth-order valence-corrected chi connectivity index (χ4v) is 3.81. The number of nitrogens with zero attached hydrogens (tertiary/aromatic N) is 2. The Balaban J connectivity index is 2.07. The van der Waals surface area contributed by atoms with Gasteiger partial charge in [0.15, 0.2) is 0 Å². The first kappa shape index (κ1) is 16.9. The van der Waals surface area contributed by atoms with E-state index in [2.05, 4.69) is 11.6 Å². The van der Waals surface area contributed by atoms with E-state index >= 15 is 0 Å². The molecular formula is C14H17ClN2O4S. The van der Waals surface area contributed by atoms with E-state index in [9.17, 15) is 13.2 Å². The molecule has 1 aromatic heterocycles. The van der Waals surface area contributed by atoms with E-state index in [0.717, 1.165) is 0 Å². The summed E-state index contributed by atoms with van der Waals surface area (Å²) in [6.45, 7) is 3.86. The van der Waals surface area contributed by atoms with Gasteiger partial charge in [-0.2, -0.15) is 4.31 Å². The number of carbonyl (C=O) groups excluding carboxylic acids is 1. The van der Waals surface area contributed by atoms with Crippen molar-refractivity contribution in [1.82, 2.24) is 9.29 Å². The summed E-state index contributed by atoms with van der Waals surface area (Å²) in [5, 5.41) is 0.226. The summed E-state index contributed by atoms with van der Waals surface area (Å²) in [6, 6.07) is 3.05. The lowest BCUT2D eigenvalue weighted by atomic mass is 10.0. The number of halogens is 1. The molecule has 0 aliphatic carbocycles. The first-order valence-electron chi connectivity index (χ1n) is 6.81. The molecule has 0 N–H and O–H groups in total. The normalized spacial score (nSPS) is 19.6. The van der Waals surface area contributed by atoms with Crippen LogP contribution in [0.4, 0.5) is 0 Å². The smallest absolute Gasteiger partial charge is 0.310 e. The fourth-order valence-electron chi connectivity index (χ4n) is 2.27. The summed E-state index contributed by atoms with van der Waals surface area (Å²) in [4.78, 5) is 15.9. The Kier molecular flexibility index (Phi) is 5.55. The molecule has 2 heterocycles. The van der Waals surface area contributed by atoms with Crippen LogP contribution in [-0.4, -0.2) is 43.4 Å². The average Bonchev–Trinajstić information content (AvgIpc) is 2.53. The van der Waals surface area contributed by atoms with Crippen molar-refractivity contribution < 1.29 is 17.9 Å². The van der Waals surface area contributed by atoms with Crippen LogP contribution in [0.15, 0.2) is 41.0 Å². The minimum atomic E-state index is -3.64. The van der Waals surface area contributed by atoms with Crippen LogP contribution in [0.5, 0.6) is 0 Å². The number of carbonyl (C=O) groups is 1. The average molecular weight is 345 g/mol. The molecule has 120 valence electrons. The number of piperidine rings is 1. The maximum atomic E-state index is 12.5. The molecule has 0 aromatic carbocycles. The van der Waals surface area contributed by atoms with Crippen molar-refractivity contribution in [2.24, 2.45) is 5.92 Å². The summed E-state index contributed by atoms with van der Waals surface area (Å²) < 4.78 is 31.3. The van der Waals surface area contributed by atoms with E-state index in [1.165, 1.54) is 22.8 Å². The molecule has 1 fully saturated rings. The quantitative estimate of drug-likeness (QED) is 0.761. The first-order valence-corrected chi connectivity index (χ1v) is 8.63. The highest BCUT2D eigenvalue weighted by Gasteiger charge is 2.34. The Morgan fingerprint density at radius 3 is 2.95 bits per heavy atom. The Labute approximate surface area is 134 Å². The minimum Gasteiger partial charge on any atom is -0.460 e. The minimum absolute atomic E-state index is 0.0632. The fraction of sp³-hybridized carbons (Fsp3) is 0.429. The number of aromatic nitrogens is 1. The van der Waals surface area contributed by atoms with Crippen molar-refractivity contribution >= 4 is 27.6 Å². The number of ether oxygens (including phenoxy) is 1. The van der Waals surface area contributed by atoms with Crippen molar-refractivity contribution in [3.05, 3.63) is 36.1 Å². The summed E-state index contributed by atoms with van der Waals surface area (Å²) in [7, 11) is -3.64. The van der Waals surface area contributed by atoms with Gasteiger partial charge in [-0.05, 0) is 25.0 Å². The van der Waals surface area contributed by atoms with Crippen LogP contribution in [-0.2, 0) is 19.6 Å². The van der Waals surface area contributed by atoms with Crippen LogP contribution in [0.1, 0.15) is 12.8 Å². The van der Waals surface area contributed by atoms with Crippen LogP contribution in [0, 0.1) is 5.92 Å².